The largest absolute Gasteiger partial charge is 0.500 e. The number of ether oxygens (including phenoxy) is 2. The van der Waals surface area contributed by atoms with Crippen molar-refractivity contribution >= 4 is 14.8 Å². The summed E-state index contributed by atoms with van der Waals surface area (Å²) in [5.74, 6) is -0.249. The van der Waals surface area contributed by atoms with E-state index in [1.54, 1.807) is 28.3 Å². The molecule has 0 aliphatic rings. The monoisotopic (exact) mass is 294 g/mol. The Morgan fingerprint density at radius 3 is 2.11 bits per heavy atom. The zero-order valence-electron chi connectivity index (χ0n) is 12.6. The van der Waals surface area contributed by atoms with E-state index in [1.807, 2.05) is 6.92 Å². The summed E-state index contributed by atoms with van der Waals surface area (Å²) in [5.41, 5.74) is 0. The highest BCUT2D eigenvalue weighted by Gasteiger charge is 2.36. The van der Waals surface area contributed by atoms with Crippen LogP contribution >= 0.6 is 0 Å². The quantitative estimate of drug-likeness (QED) is 0.251. The molecule has 0 aromatic rings. The van der Waals surface area contributed by atoms with E-state index in [0.29, 0.717) is 25.5 Å². The van der Waals surface area contributed by atoms with Gasteiger partial charge in [-0.3, -0.25) is 4.79 Å². The molecule has 0 aliphatic heterocycles. The summed E-state index contributed by atoms with van der Waals surface area (Å²) >= 11 is 0. The summed E-state index contributed by atoms with van der Waals surface area (Å²) in [6, 6.07) is 0.661. The third kappa shape index (κ3) is 7.02. The van der Waals surface area contributed by atoms with Crippen LogP contribution in [0.4, 0.5) is 0 Å². The van der Waals surface area contributed by atoms with E-state index in [1.165, 1.54) is 0 Å². The number of esters is 1. The Balaban J connectivity index is 3.97. The average Bonchev–Trinajstić information content (AvgIpc) is 2.46. The lowest BCUT2D eigenvalue weighted by Crippen LogP contribution is -2.42. The van der Waals surface area contributed by atoms with Gasteiger partial charge in [0.25, 0.3) is 0 Å². The van der Waals surface area contributed by atoms with Gasteiger partial charge >= 0.3 is 14.8 Å². The van der Waals surface area contributed by atoms with Crippen molar-refractivity contribution in [2.75, 3.05) is 27.9 Å². The topological polar surface area (TPSA) is 63.2 Å². The molecule has 0 aromatic carbocycles. The first-order chi connectivity index (χ1) is 9.07. The molecule has 1 atom stereocenters. The molecule has 0 amide bonds. The normalized spacial score (nSPS) is 13.3. The maximum Gasteiger partial charge on any atom is 0.500 e. The second-order valence-electron chi connectivity index (χ2n) is 3.95. The van der Waals surface area contributed by atoms with Crippen molar-refractivity contribution in [3.8, 4) is 0 Å². The standard InChI is InChI=1S/C12H26O6Si/c1-6-11(13)18-12(7-2)17-9-8-10-19(14-3,15-4)16-5/h12H,6-10H2,1-5H3. The highest BCUT2D eigenvalue weighted by molar-refractivity contribution is 6.60. The Labute approximate surface area is 116 Å². The van der Waals surface area contributed by atoms with Gasteiger partial charge in [0.05, 0.1) is 6.61 Å². The van der Waals surface area contributed by atoms with Gasteiger partial charge in [0, 0.05) is 40.2 Å². The second kappa shape index (κ2) is 10.3. The molecule has 0 bridgehead atoms. The molecule has 0 fully saturated rings. The van der Waals surface area contributed by atoms with Gasteiger partial charge < -0.3 is 22.8 Å². The lowest BCUT2D eigenvalue weighted by molar-refractivity contribution is -0.179. The molecule has 0 aromatic heterocycles. The molecular formula is C12H26O6Si. The minimum atomic E-state index is -2.53. The number of carbonyl (C=O) groups excluding carboxylic acids is 1. The molecule has 1 unspecified atom stereocenters. The average molecular weight is 294 g/mol. The Morgan fingerprint density at radius 1 is 1.11 bits per heavy atom. The molecule has 114 valence electrons. The van der Waals surface area contributed by atoms with Gasteiger partial charge in [-0.15, -0.1) is 0 Å². The van der Waals surface area contributed by atoms with Crippen molar-refractivity contribution in [2.24, 2.45) is 0 Å². The number of carbonyl (C=O) groups is 1. The van der Waals surface area contributed by atoms with Crippen molar-refractivity contribution in [3.05, 3.63) is 0 Å². The molecule has 0 saturated carbocycles. The molecule has 7 heteroatoms. The lowest BCUT2D eigenvalue weighted by Gasteiger charge is -2.24. The third-order valence-corrected chi connectivity index (χ3v) is 5.58. The zero-order valence-corrected chi connectivity index (χ0v) is 13.6. The fourth-order valence-corrected chi connectivity index (χ4v) is 3.21. The summed E-state index contributed by atoms with van der Waals surface area (Å²) < 4.78 is 26.5. The van der Waals surface area contributed by atoms with Crippen LogP contribution in [0.1, 0.15) is 33.1 Å². The van der Waals surface area contributed by atoms with Gasteiger partial charge in [-0.2, -0.15) is 0 Å². The SMILES string of the molecule is CCC(=O)OC(CC)OCCC[Si](OC)(OC)OC. The fourth-order valence-electron chi connectivity index (χ4n) is 1.52. The van der Waals surface area contributed by atoms with E-state index < -0.39 is 15.1 Å². The first-order valence-electron chi connectivity index (χ1n) is 6.54. The van der Waals surface area contributed by atoms with Crippen LogP contribution in [0.25, 0.3) is 0 Å². The molecule has 0 spiro atoms. The van der Waals surface area contributed by atoms with Crippen molar-refractivity contribution in [3.63, 3.8) is 0 Å². The highest BCUT2D eigenvalue weighted by atomic mass is 28.4. The van der Waals surface area contributed by atoms with Crippen LogP contribution in [0.3, 0.4) is 0 Å². The van der Waals surface area contributed by atoms with Crippen molar-refractivity contribution in [1.29, 1.82) is 0 Å². The number of hydrogen-bond acceptors (Lipinski definition) is 6. The maximum atomic E-state index is 11.2. The molecule has 6 nitrogen and oxygen atoms in total. The van der Waals surface area contributed by atoms with E-state index in [9.17, 15) is 4.79 Å². The molecule has 0 rings (SSSR count). The van der Waals surface area contributed by atoms with Gasteiger partial charge in [0.15, 0.2) is 0 Å². The van der Waals surface area contributed by atoms with E-state index >= 15 is 0 Å². The Hall–Kier alpha value is -0.473. The smallest absolute Gasteiger partial charge is 0.436 e. The Morgan fingerprint density at radius 2 is 1.68 bits per heavy atom. The highest BCUT2D eigenvalue weighted by Crippen LogP contribution is 2.15. The predicted molar refractivity (Wildman–Crippen MR) is 72.6 cm³/mol. The lowest BCUT2D eigenvalue weighted by atomic mass is 10.4. The van der Waals surface area contributed by atoms with E-state index in [0.717, 1.165) is 6.42 Å². The molecule has 19 heavy (non-hydrogen) atoms. The summed E-state index contributed by atoms with van der Waals surface area (Å²) in [6.07, 6.45) is 1.23. The van der Waals surface area contributed by atoms with E-state index in [-0.39, 0.29) is 5.97 Å². The second-order valence-corrected chi connectivity index (χ2v) is 7.04. The van der Waals surface area contributed by atoms with Gasteiger partial charge in [0.2, 0.25) is 6.29 Å². The molecule has 0 N–H and O–H groups in total. The van der Waals surface area contributed by atoms with Crippen LogP contribution in [0.2, 0.25) is 6.04 Å². The summed E-state index contributed by atoms with van der Waals surface area (Å²) in [4.78, 5) is 11.2. The Bertz CT molecular complexity index is 236. The Kier molecular flexibility index (Phi) is 10.1. The van der Waals surface area contributed by atoms with Gasteiger partial charge in [-0.05, 0) is 6.42 Å². The summed E-state index contributed by atoms with van der Waals surface area (Å²) in [6.45, 7) is 4.14. The van der Waals surface area contributed by atoms with Gasteiger partial charge in [-0.1, -0.05) is 13.8 Å². The van der Waals surface area contributed by atoms with Crippen LogP contribution in [-0.2, 0) is 27.5 Å². The third-order valence-electron chi connectivity index (χ3n) is 2.75. The molecule has 0 saturated heterocycles. The molecule has 0 radical (unpaired) electrons. The van der Waals surface area contributed by atoms with Crippen LogP contribution in [-0.4, -0.2) is 49.0 Å². The van der Waals surface area contributed by atoms with Crippen LogP contribution in [0.15, 0.2) is 0 Å². The minimum absolute atomic E-state index is 0.249. The molecule has 0 heterocycles. The van der Waals surface area contributed by atoms with E-state index in [4.69, 9.17) is 22.8 Å². The molecular weight excluding hydrogens is 268 g/mol. The van der Waals surface area contributed by atoms with Crippen LogP contribution in [0.5, 0.6) is 0 Å². The molecule has 0 aliphatic carbocycles. The van der Waals surface area contributed by atoms with Crippen molar-refractivity contribution in [1.82, 2.24) is 0 Å². The fraction of sp³-hybridized carbons (Fsp3) is 0.917. The first-order valence-corrected chi connectivity index (χ1v) is 8.47. The van der Waals surface area contributed by atoms with Crippen LogP contribution in [0, 0.1) is 0 Å². The number of rotatable bonds is 11. The maximum absolute atomic E-state index is 11.2. The first kappa shape index (κ1) is 18.5. The van der Waals surface area contributed by atoms with Crippen LogP contribution < -0.4 is 0 Å². The van der Waals surface area contributed by atoms with Gasteiger partial charge in [0.1, 0.15) is 0 Å². The van der Waals surface area contributed by atoms with Gasteiger partial charge in [-0.25, -0.2) is 0 Å². The van der Waals surface area contributed by atoms with E-state index in [2.05, 4.69) is 0 Å². The zero-order chi connectivity index (χ0) is 14.7. The summed E-state index contributed by atoms with van der Waals surface area (Å²) in [5, 5.41) is 0. The number of hydrogen-bond donors (Lipinski definition) is 0. The van der Waals surface area contributed by atoms with Crippen molar-refractivity contribution in [2.45, 2.75) is 45.4 Å². The minimum Gasteiger partial charge on any atom is -0.436 e. The predicted octanol–water partition coefficient (Wildman–Crippen LogP) is 1.96. The van der Waals surface area contributed by atoms with Crippen molar-refractivity contribution < 1.29 is 27.5 Å². The summed E-state index contributed by atoms with van der Waals surface area (Å²) in [7, 11) is 2.22.